The van der Waals surface area contributed by atoms with Crippen molar-refractivity contribution in [2.75, 3.05) is 34.4 Å². The summed E-state index contributed by atoms with van der Waals surface area (Å²) in [4.78, 5) is 50.1. The number of aryl methyl sites for hydroxylation is 2. The second kappa shape index (κ2) is 13.6. The Balaban J connectivity index is 1.43. The van der Waals surface area contributed by atoms with Crippen LogP contribution in [0.2, 0.25) is 0 Å². The molecule has 4 aromatic rings. The van der Waals surface area contributed by atoms with E-state index in [1.54, 1.807) is 59.9 Å². The minimum absolute atomic E-state index is 0.159. The molecule has 0 spiro atoms. The molecule has 0 saturated carbocycles. The summed E-state index contributed by atoms with van der Waals surface area (Å²) in [5.74, 6) is -0.988. The van der Waals surface area contributed by atoms with Crippen LogP contribution < -0.4 is 32.7 Å². The van der Waals surface area contributed by atoms with Crippen molar-refractivity contribution < 1.29 is 19.2 Å². The Morgan fingerprint density at radius 2 is 1.02 bits per heavy atom. The highest BCUT2D eigenvalue weighted by Gasteiger charge is 2.16. The first-order chi connectivity index (χ1) is 20.2. The van der Waals surface area contributed by atoms with Gasteiger partial charge in [0.2, 0.25) is 11.8 Å². The van der Waals surface area contributed by atoms with Crippen LogP contribution in [0.15, 0.2) is 60.9 Å². The Labute approximate surface area is 243 Å². The highest BCUT2D eigenvalue weighted by molar-refractivity contribution is 6.07. The van der Waals surface area contributed by atoms with Crippen molar-refractivity contribution in [1.82, 2.24) is 9.13 Å². The SMILES string of the molecule is Cn1cc(NC(=O)CCCN)cc1C(=O)Nc1ccc2ccc(NC(=O)c3cc(NC(=O)CCCN)cn3C)cc2c1. The molecule has 0 aliphatic carbocycles. The van der Waals surface area contributed by atoms with E-state index in [1.165, 1.54) is 0 Å². The van der Waals surface area contributed by atoms with E-state index in [0.29, 0.717) is 72.9 Å². The Hall–Kier alpha value is -4.94. The molecule has 0 atom stereocenters. The van der Waals surface area contributed by atoms with Crippen LogP contribution in [0.25, 0.3) is 10.8 Å². The number of anilines is 4. The molecular weight excluding hydrogens is 536 g/mol. The van der Waals surface area contributed by atoms with E-state index in [2.05, 4.69) is 21.3 Å². The lowest BCUT2D eigenvalue weighted by atomic mass is 10.1. The third kappa shape index (κ3) is 7.62. The molecule has 2 aromatic carbocycles. The van der Waals surface area contributed by atoms with Crippen molar-refractivity contribution in [2.45, 2.75) is 25.7 Å². The highest BCUT2D eigenvalue weighted by Crippen LogP contribution is 2.25. The van der Waals surface area contributed by atoms with Gasteiger partial charge in [0, 0.05) is 50.7 Å². The topological polar surface area (TPSA) is 178 Å². The third-order valence-electron chi connectivity index (χ3n) is 6.61. The molecule has 0 radical (unpaired) electrons. The molecule has 12 heteroatoms. The number of hydrogen-bond acceptors (Lipinski definition) is 6. The zero-order valence-corrected chi connectivity index (χ0v) is 23.7. The second-order valence-electron chi connectivity index (χ2n) is 10.0. The summed E-state index contributed by atoms with van der Waals surface area (Å²) in [5.41, 5.74) is 13.9. The summed E-state index contributed by atoms with van der Waals surface area (Å²) in [6, 6.07) is 14.2. The van der Waals surface area contributed by atoms with Crippen LogP contribution in [0.4, 0.5) is 22.7 Å². The number of hydrogen-bond donors (Lipinski definition) is 6. The molecular formula is C30H36N8O4. The van der Waals surface area contributed by atoms with Gasteiger partial charge in [-0.2, -0.15) is 0 Å². The fraction of sp³-hybridized carbons (Fsp3) is 0.267. The quantitative estimate of drug-likeness (QED) is 0.151. The average molecular weight is 573 g/mol. The van der Waals surface area contributed by atoms with Gasteiger partial charge in [0.25, 0.3) is 11.8 Å². The second-order valence-corrected chi connectivity index (χ2v) is 10.0. The largest absolute Gasteiger partial charge is 0.344 e. The van der Waals surface area contributed by atoms with Crippen molar-refractivity contribution in [1.29, 1.82) is 0 Å². The lowest BCUT2D eigenvalue weighted by Crippen LogP contribution is -2.15. The molecule has 0 unspecified atom stereocenters. The number of aromatic nitrogens is 2. The summed E-state index contributed by atoms with van der Waals surface area (Å²) in [6.07, 6.45) is 5.15. The van der Waals surface area contributed by atoms with E-state index in [4.69, 9.17) is 11.5 Å². The maximum Gasteiger partial charge on any atom is 0.272 e. The number of carbonyl (C=O) groups excluding carboxylic acids is 4. The van der Waals surface area contributed by atoms with Gasteiger partial charge in [0.05, 0.1) is 11.4 Å². The maximum atomic E-state index is 13.0. The zero-order chi connectivity index (χ0) is 30.2. The maximum absolute atomic E-state index is 13.0. The summed E-state index contributed by atoms with van der Waals surface area (Å²) < 4.78 is 3.28. The van der Waals surface area contributed by atoms with Crippen molar-refractivity contribution in [3.63, 3.8) is 0 Å². The fourth-order valence-corrected chi connectivity index (χ4v) is 4.48. The molecule has 12 nitrogen and oxygen atoms in total. The molecule has 8 N–H and O–H groups in total. The molecule has 0 fully saturated rings. The number of fused-ring (bicyclic) bond motifs is 1. The highest BCUT2D eigenvalue weighted by atomic mass is 16.2. The zero-order valence-electron chi connectivity index (χ0n) is 23.7. The molecule has 220 valence electrons. The molecule has 2 aromatic heterocycles. The van der Waals surface area contributed by atoms with Crippen LogP contribution in [-0.4, -0.2) is 45.9 Å². The van der Waals surface area contributed by atoms with Gasteiger partial charge in [-0.3, -0.25) is 19.2 Å². The molecule has 4 rings (SSSR count). The van der Waals surface area contributed by atoms with E-state index < -0.39 is 0 Å². The number of nitrogens with zero attached hydrogens (tertiary/aromatic N) is 2. The van der Waals surface area contributed by atoms with Crippen LogP contribution in [0, 0.1) is 0 Å². The number of nitrogens with one attached hydrogen (secondary N) is 4. The summed E-state index contributed by atoms with van der Waals surface area (Å²) >= 11 is 0. The van der Waals surface area contributed by atoms with Crippen LogP contribution in [0.1, 0.15) is 46.7 Å². The number of amides is 4. The van der Waals surface area contributed by atoms with Gasteiger partial charge >= 0.3 is 0 Å². The Morgan fingerprint density at radius 1 is 0.595 bits per heavy atom. The van der Waals surface area contributed by atoms with Crippen molar-refractivity contribution in [3.8, 4) is 0 Å². The summed E-state index contributed by atoms with van der Waals surface area (Å²) in [7, 11) is 3.45. The van der Waals surface area contributed by atoms with Crippen LogP contribution in [-0.2, 0) is 23.7 Å². The monoisotopic (exact) mass is 572 g/mol. The minimum Gasteiger partial charge on any atom is -0.344 e. The normalized spacial score (nSPS) is 10.9. The van der Waals surface area contributed by atoms with Crippen molar-refractivity contribution in [3.05, 3.63) is 72.3 Å². The van der Waals surface area contributed by atoms with Gasteiger partial charge in [-0.05, 0) is 73.1 Å². The lowest BCUT2D eigenvalue weighted by molar-refractivity contribution is -0.117. The Morgan fingerprint density at radius 3 is 1.43 bits per heavy atom. The molecule has 2 heterocycles. The van der Waals surface area contributed by atoms with Crippen LogP contribution in [0.5, 0.6) is 0 Å². The summed E-state index contributed by atoms with van der Waals surface area (Å²) in [5, 5.41) is 13.1. The molecule has 0 bridgehead atoms. The van der Waals surface area contributed by atoms with Gasteiger partial charge in [0.1, 0.15) is 11.4 Å². The predicted octanol–water partition coefficient (Wildman–Crippen LogP) is 3.38. The summed E-state index contributed by atoms with van der Waals surface area (Å²) in [6.45, 7) is 0.862. The van der Waals surface area contributed by atoms with E-state index in [-0.39, 0.29) is 23.6 Å². The van der Waals surface area contributed by atoms with Crippen LogP contribution >= 0.6 is 0 Å². The first-order valence-electron chi connectivity index (χ1n) is 13.7. The van der Waals surface area contributed by atoms with Crippen LogP contribution in [0.3, 0.4) is 0 Å². The lowest BCUT2D eigenvalue weighted by Gasteiger charge is -2.10. The number of rotatable bonds is 12. The van der Waals surface area contributed by atoms with Gasteiger partial charge < -0.3 is 41.9 Å². The predicted molar refractivity (Wildman–Crippen MR) is 165 cm³/mol. The number of nitrogens with two attached hydrogens (primary N) is 2. The third-order valence-corrected chi connectivity index (χ3v) is 6.61. The number of benzene rings is 2. The fourth-order valence-electron chi connectivity index (χ4n) is 4.48. The average Bonchev–Trinajstić information content (AvgIpc) is 3.51. The molecule has 0 aliphatic rings. The molecule has 42 heavy (non-hydrogen) atoms. The van der Waals surface area contributed by atoms with E-state index >= 15 is 0 Å². The molecule has 4 amide bonds. The smallest absolute Gasteiger partial charge is 0.272 e. The van der Waals surface area contributed by atoms with Gasteiger partial charge in [-0.1, -0.05) is 12.1 Å². The number of carbonyl (C=O) groups is 4. The van der Waals surface area contributed by atoms with E-state index in [1.807, 2.05) is 24.3 Å². The van der Waals surface area contributed by atoms with E-state index in [9.17, 15) is 19.2 Å². The van der Waals surface area contributed by atoms with Gasteiger partial charge in [0.15, 0.2) is 0 Å². The Kier molecular flexibility index (Phi) is 9.73. The van der Waals surface area contributed by atoms with Crippen molar-refractivity contribution in [2.24, 2.45) is 25.6 Å². The first kappa shape index (κ1) is 30.0. The first-order valence-corrected chi connectivity index (χ1v) is 13.7. The van der Waals surface area contributed by atoms with E-state index in [0.717, 1.165) is 10.8 Å². The minimum atomic E-state index is -0.335. The standard InChI is InChI=1S/C30H36N8O4/c1-37-17-23(33-27(39)5-3-11-31)15-25(37)29(41)35-21-9-7-19-8-10-22(14-20(19)13-21)36-30(42)26-16-24(18-38(26)2)34-28(40)6-4-12-32/h7-10,13-18H,3-6,11-12,31-32H2,1-2H3,(H,33,39)(H,34,40)(H,35,41)(H,36,42). The Bertz CT molecular complexity index is 1510. The van der Waals surface area contributed by atoms with Gasteiger partial charge in [-0.15, -0.1) is 0 Å². The van der Waals surface area contributed by atoms with Crippen molar-refractivity contribution >= 4 is 57.2 Å². The van der Waals surface area contributed by atoms with Gasteiger partial charge in [-0.25, -0.2) is 0 Å². The molecule has 0 saturated heterocycles. The molecule has 0 aliphatic heterocycles.